The van der Waals surface area contributed by atoms with E-state index >= 15 is 0 Å². The van der Waals surface area contributed by atoms with Crippen molar-refractivity contribution in [2.24, 2.45) is 0 Å². The van der Waals surface area contributed by atoms with Gasteiger partial charge in [0, 0.05) is 19.3 Å². The molecule has 0 aromatic heterocycles. The number of rotatable bonds is 55. The summed E-state index contributed by atoms with van der Waals surface area (Å²) in [5.41, 5.74) is 0. The average Bonchev–Trinajstić information content (AvgIpc) is 3.76. The van der Waals surface area contributed by atoms with Gasteiger partial charge < -0.3 is 23.7 Å². The summed E-state index contributed by atoms with van der Waals surface area (Å²) in [5.74, 6) is -1.70. The Kier molecular flexibility index (Phi) is 48.3. The van der Waals surface area contributed by atoms with Gasteiger partial charge in [-0.1, -0.05) is 306 Å². The molecule has 1 aliphatic rings. The van der Waals surface area contributed by atoms with Crippen molar-refractivity contribution in [2.75, 3.05) is 13.2 Å². The summed E-state index contributed by atoms with van der Waals surface area (Å²) in [5, 5.41) is 0. The van der Waals surface area contributed by atoms with Crippen LogP contribution >= 0.6 is 15.9 Å². The molecule has 1 rings (SSSR count). The Bertz CT molecular complexity index is 1300. The summed E-state index contributed by atoms with van der Waals surface area (Å²) in [4.78, 5) is 53.2. The zero-order valence-corrected chi connectivity index (χ0v) is 50.8. The van der Waals surface area contributed by atoms with E-state index in [-0.39, 0.29) is 44.4 Å². The zero-order chi connectivity index (χ0) is 54.0. The van der Waals surface area contributed by atoms with Gasteiger partial charge in [-0.2, -0.15) is 0 Å². The van der Waals surface area contributed by atoms with Crippen LogP contribution in [0.4, 0.5) is 0 Å². The lowest BCUT2D eigenvalue weighted by Crippen LogP contribution is -2.48. The second-order valence-electron chi connectivity index (χ2n) is 23.0. The second-order valence-corrected chi connectivity index (χ2v) is 25.0. The number of hydrogen-bond acceptors (Lipinski definition) is 9. The summed E-state index contributed by atoms with van der Waals surface area (Å²) in [6.45, 7) is 9.88. The van der Waals surface area contributed by atoms with Gasteiger partial charge in [0.1, 0.15) is 17.0 Å². The lowest BCUT2D eigenvalue weighted by atomic mass is 10.0. The number of unbranched alkanes of at least 4 members (excludes halogenated alkanes) is 42. The topological polar surface area (TPSA) is 114 Å². The van der Waals surface area contributed by atoms with Crippen LogP contribution in [0.2, 0.25) is 0 Å². The van der Waals surface area contributed by atoms with E-state index < -0.39 is 40.7 Å². The molecule has 0 aromatic rings. The first-order chi connectivity index (χ1) is 36.0. The van der Waals surface area contributed by atoms with Gasteiger partial charge in [-0.3, -0.25) is 19.2 Å². The van der Waals surface area contributed by atoms with Crippen LogP contribution in [-0.4, -0.2) is 65.8 Å². The van der Waals surface area contributed by atoms with Crippen molar-refractivity contribution < 1.29 is 42.9 Å². The SMILES string of the molecule is CCCCCCCCCCCCCCCCCC(=O)OCC(OC(=O)C(C)(C)Br)C1OCC(OC(=O)CCCCCCCCCCCCCCCCC)C1OC(=O)CCCCCCCCCCCCCCCCC. The highest BCUT2D eigenvalue weighted by atomic mass is 79.9. The number of carbonyl (C=O) groups is 4. The molecule has 0 radical (unpaired) electrons. The highest BCUT2D eigenvalue weighted by molar-refractivity contribution is 9.10. The van der Waals surface area contributed by atoms with Gasteiger partial charge in [0.25, 0.3) is 0 Å². The van der Waals surface area contributed by atoms with E-state index in [1.165, 1.54) is 225 Å². The standard InChI is InChI=1S/C64H119BrO9/c1-6-9-12-15-18-21-24-27-30-33-36-39-42-45-48-51-58(66)70-54-56(73-63(69)64(4,5)65)61-62(74-60(68)53-50-47-44-41-38-35-32-29-26-23-20-17-14-11-8-3)57(55-71-61)72-59(67)52-49-46-43-40-37-34-31-28-25-22-19-16-13-10-7-2/h56-57,61-62H,6-55H2,1-5H3. The molecule has 74 heavy (non-hydrogen) atoms. The van der Waals surface area contributed by atoms with E-state index in [4.69, 9.17) is 23.7 Å². The Labute approximate surface area is 465 Å². The molecule has 9 nitrogen and oxygen atoms in total. The molecule has 1 fully saturated rings. The third kappa shape index (κ3) is 42.4. The molecule has 436 valence electrons. The minimum atomic E-state index is -1.08. The van der Waals surface area contributed by atoms with E-state index in [9.17, 15) is 19.2 Å². The number of halogens is 1. The Morgan fingerprint density at radius 3 is 0.986 bits per heavy atom. The Hall–Kier alpha value is -1.68. The van der Waals surface area contributed by atoms with Gasteiger partial charge in [0.05, 0.1) is 6.61 Å². The van der Waals surface area contributed by atoms with Crippen molar-refractivity contribution in [3.8, 4) is 0 Å². The molecule has 0 spiro atoms. The zero-order valence-electron chi connectivity index (χ0n) is 49.2. The summed E-state index contributed by atoms with van der Waals surface area (Å²) >= 11 is 3.41. The second kappa shape index (κ2) is 50.8. The normalized spacial score (nSPS) is 16.1. The fourth-order valence-corrected chi connectivity index (χ4v) is 10.3. The number of alkyl halides is 1. The van der Waals surface area contributed by atoms with Crippen molar-refractivity contribution in [1.82, 2.24) is 0 Å². The van der Waals surface area contributed by atoms with Crippen molar-refractivity contribution in [2.45, 2.75) is 372 Å². The minimum Gasteiger partial charge on any atom is -0.462 e. The smallest absolute Gasteiger partial charge is 0.322 e. The van der Waals surface area contributed by atoms with Crippen molar-refractivity contribution in [1.29, 1.82) is 0 Å². The van der Waals surface area contributed by atoms with Crippen LogP contribution in [0.5, 0.6) is 0 Å². The molecule has 0 N–H and O–H groups in total. The van der Waals surface area contributed by atoms with Crippen molar-refractivity contribution in [3.63, 3.8) is 0 Å². The van der Waals surface area contributed by atoms with Gasteiger partial charge in [0.15, 0.2) is 18.3 Å². The lowest BCUT2D eigenvalue weighted by molar-refractivity contribution is -0.180. The highest BCUT2D eigenvalue weighted by Crippen LogP contribution is 2.29. The summed E-state index contributed by atoms with van der Waals surface area (Å²) in [6, 6.07) is 0. The molecule has 0 saturated carbocycles. The van der Waals surface area contributed by atoms with E-state index in [1.807, 2.05) is 0 Å². The Morgan fingerprint density at radius 1 is 0.419 bits per heavy atom. The molecule has 0 aliphatic carbocycles. The lowest BCUT2D eigenvalue weighted by Gasteiger charge is -2.30. The van der Waals surface area contributed by atoms with Gasteiger partial charge in [0.2, 0.25) is 0 Å². The van der Waals surface area contributed by atoms with Crippen molar-refractivity contribution >= 4 is 39.8 Å². The number of carbonyl (C=O) groups excluding carboxylic acids is 4. The minimum absolute atomic E-state index is 0.0228. The maximum atomic E-state index is 13.5. The summed E-state index contributed by atoms with van der Waals surface area (Å²) in [6.07, 6.45) is 52.7. The fraction of sp³-hybridized carbons (Fsp3) is 0.938. The monoisotopic (exact) mass is 1110 g/mol. The predicted molar refractivity (Wildman–Crippen MR) is 312 cm³/mol. The highest BCUT2D eigenvalue weighted by Gasteiger charge is 2.49. The molecule has 1 aliphatic heterocycles. The molecular weight excluding hydrogens is 993 g/mol. The van der Waals surface area contributed by atoms with Crippen LogP contribution in [0.15, 0.2) is 0 Å². The number of hydrogen-bond donors (Lipinski definition) is 0. The molecule has 1 saturated heterocycles. The molecule has 0 amide bonds. The average molecular weight is 1110 g/mol. The first-order valence-corrected chi connectivity index (χ1v) is 32.9. The molecule has 10 heteroatoms. The molecule has 0 aromatic carbocycles. The van der Waals surface area contributed by atoms with E-state index in [0.29, 0.717) is 6.42 Å². The Morgan fingerprint density at radius 2 is 0.689 bits per heavy atom. The maximum Gasteiger partial charge on any atom is 0.322 e. The Balaban J connectivity index is 2.69. The number of ether oxygens (including phenoxy) is 5. The van der Waals surface area contributed by atoms with E-state index in [2.05, 4.69) is 36.7 Å². The van der Waals surface area contributed by atoms with Crippen LogP contribution in [-0.2, 0) is 42.9 Å². The molecular formula is C64H119BrO9. The first-order valence-electron chi connectivity index (χ1n) is 32.1. The molecule has 1 heterocycles. The van der Waals surface area contributed by atoms with Gasteiger partial charge >= 0.3 is 23.9 Å². The largest absolute Gasteiger partial charge is 0.462 e. The van der Waals surface area contributed by atoms with Crippen LogP contribution in [0.3, 0.4) is 0 Å². The predicted octanol–water partition coefficient (Wildman–Crippen LogP) is 19.6. The van der Waals surface area contributed by atoms with Gasteiger partial charge in [-0.15, -0.1) is 0 Å². The molecule has 4 atom stereocenters. The van der Waals surface area contributed by atoms with E-state index in [0.717, 1.165) is 57.8 Å². The van der Waals surface area contributed by atoms with Crippen LogP contribution in [0.1, 0.15) is 343 Å². The third-order valence-electron chi connectivity index (χ3n) is 15.2. The van der Waals surface area contributed by atoms with Crippen molar-refractivity contribution in [3.05, 3.63) is 0 Å². The van der Waals surface area contributed by atoms with Crippen LogP contribution in [0.25, 0.3) is 0 Å². The van der Waals surface area contributed by atoms with E-state index in [1.54, 1.807) is 13.8 Å². The maximum absolute atomic E-state index is 13.5. The molecule has 4 unspecified atom stereocenters. The fourth-order valence-electron chi connectivity index (χ4n) is 10.3. The summed E-state index contributed by atoms with van der Waals surface area (Å²) < 4.78 is 29.0. The van der Waals surface area contributed by atoms with Crippen LogP contribution in [0, 0.1) is 0 Å². The van der Waals surface area contributed by atoms with Crippen LogP contribution < -0.4 is 0 Å². The van der Waals surface area contributed by atoms with Gasteiger partial charge in [-0.25, -0.2) is 0 Å². The molecule has 0 bridgehead atoms. The quantitative estimate of drug-likeness (QED) is 0.0254. The summed E-state index contributed by atoms with van der Waals surface area (Å²) in [7, 11) is 0. The number of esters is 4. The first kappa shape index (κ1) is 70.3. The van der Waals surface area contributed by atoms with Gasteiger partial charge in [-0.05, 0) is 33.1 Å². The third-order valence-corrected chi connectivity index (χ3v) is 15.5.